The molecule has 0 radical (unpaired) electrons. The molecule has 1 rings (SSSR count). The summed E-state index contributed by atoms with van der Waals surface area (Å²) in [5.41, 5.74) is 9.27. The number of azide groups is 1. The molecule has 0 aliphatic rings. The molecule has 15 heavy (non-hydrogen) atoms. The molecule has 0 aromatic carbocycles. The van der Waals surface area contributed by atoms with Crippen molar-refractivity contribution in [1.82, 2.24) is 4.98 Å². The zero-order valence-corrected chi connectivity index (χ0v) is 8.24. The summed E-state index contributed by atoms with van der Waals surface area (Å²) in [6.45, 7) is 2.08. The molecule has 1 aromatic heterocycles. The van der Waals surface area contributed by atoms with Gasteiger partial charge in [0, 0.05) is 17.9 Å². The average molecular weight is 204 g/mol. The Labute approximate surface area is 86.8 Å². The van der Waals surface area contributed by atoms with Crippen molar-refractivity contribution in [3.8, 4) is 11.8 Å². The predicted molar refractivity (Wildman–Crippen MR) is 54.4 cm³/mol. The Morgan fingerprint density at radius 1 is 1.67 bits per heavy atom. The molecule has 5 heteroatoms. The minimum absolute atomic E-state index is 0.337. The van der Waals surface area contributed by atoms with E-state index in [0.29, 0.717) is 24.2 Å². The summed E-state index contributed by atoms with van der Waals surface area (Å²) in [5, 5.41) is 3.34. The fraction of sp³-hybridized carbons (Fsp3) is 0.300. The molecule has 76 valence electrons. The van der Waals surface area contributed by atoms with Crippen LogP contribution in [-0.4, -0.2) is 11.5 Å². The van der Waals surface area contributed by atoms with Crippen LogP contribution in [0.15, 0.2) is 17.4 Å². The second-order valence-electron chi connectivity index (χ2n) is 2.83. The zero-order chi connectivity index (χ0) is 11.1. The van der Waals surface area contributed by atoms with Crippen molar-refractivity contribution in [2.24, 2.45) is 5.11 Å². The van der Waals surface area contributed by atoms with Gasteiger partial charge in [0.25, 0.3) is 0 Å². The van der Waals surface area contributed by atoms with Crippen LogP contribution in [0.5, 0.6) is 0 Å². The molecule has 4 nitrogen and oxygen atoms in total. The van der Waals surface area contributed by atoms with Crippen molar-refractivity contribution in [2.45, 2.75) is 13.3 Å². The monoisotopic (exact) mass is 204 g/mol. The van der Waals surface area contributed by atoms with Gasteiger partial charge in [0.2, 0.25) is 0 Å². The second-order valence-corrected chi connectivity index (χ2v) is 2.83. The highest BCUT2D eigenvalue weighted by Crippen LogP contribution is 2.04. The van der Waals surface area contributed by atoms with Gasteiger partial charge in [0.15, 0.2) is 0 Å². The molecule has 1 aromatic rings. The lowest BCUT2D eigenvalue weighted by atomic mass is 10.2. The van der Waals surface area contributed by atoms with E-state index in [4.69, 9.17) is 5.53 Å². The summed E-state index contributed by atoms with van der Waals surface area (Å²) < 4.78 is 12.7. The molecule has 0 bridgehead atoms. The molecule has 0 unspecified atom stereocenters. The smallest absolute Gasteiger partial charge is 0.141 e. The minimum Gasteiger partial charge on any atom is -0.244 e. The Morgan fingerprint density at radius 2 is 2.47 bits per heavy atom. The summed E-state index contributed by atoms with van der Waals surface area (Å²) in [6, 6.07) is 1.38. The van der Waals surface area contributed by atoms with E-state index in [1.165, 1.54) is 6.07 Å². The number of nitrogens with zero attached hydrogens (tertiary/aromatic N) is 4. The molecule has 0 atom stereocenters. The van der Waals surface area contributed by atoms with Crippen LogP contribution in [0.3, 0.4) is 0 Å². The van der Waals surface area contributed by atoms with Gasteiger partial charge in [-0.1, -0.05) is 11.0 Å². The third kappa shape index (κ3) is 3.67. The Hall–Kier alpha value is -2.05. The first-order valence-electron chi connectivity index (χ1n) is 4.36. The van der Waals surface area contributed by atoms with Gasteiger partial charge in [0.1, 0.15) is 11.5 Å². The van der Waals surface area contributed by atoms with Crippen molar-refractivity contribution < 1.29 is 4.39 Å². The molecule has 0 aliphatic heterocycles. The quantitative estimate of drug-likeness (QED) is 0.240. The summed E-state index contributed by atoms with van der Waals surface area (Å²) in [7, 11) is 0. The minimum atomic E-state index is -0.368. The van der Waals surface area contributed by atoms with Crippen LogP contribution in [0, 0.1) is 24.6 Å². The number of halogens is 1. The molecule has 1 heterocycles. The average Bonchev–Trinajstić information content (AvgIpc) is 2.20. The van der Waals surface area contributed by atoms with Crippen LogP contribution in [0.4, 0.5) is 4.39 Å². The normalized spacial score (nSPS) is 8.67. The van der Waals surface area contributed by atoms with Gasteiger partial charge >= 0.3 is 0 Å². The van der Waals surface area contributed by atoms with E-state index in [2.05, 4.69) is 26.9 Å². The Kier molecular flexibility index (Phi) is 4.14. The standard InChI is InChI=1S/C10H9FN4/c1-8-6-9(11)7-13-10(8)4-2-3-5-14-15-12/h6-7H,3,5H2,1H3. The first-order chi connectivity index (χ1) is 7.24. The highest BCUT2D eigenvalue weighted by atomic mass is 19.1. The fourth-order valence-electron chi connectivity index (χ4n) is 0.968. The maximum atomic E-state index is 12.7. The van der Waals surface area contributed by atoms with Crippen LogP contribution < -0.4 is 0 Å². The topological polar surface area (TPSA) is 61.7 Å². The predicted octanol–water partition coefficient (Wildman–Crippen LogP) is 2.58. The van der Waals surface area contributed by atoms with E-state index in [0.717, 1.165) is 6.20 Å². The van der Waals surface area contributed by atoms with E-state index in [1.54, 1.807) is 6.92 Å². The molecular formula is C10H9FN4. The van der Waals surface area contributed by atoms with Gasteiger partial charge in [-0.15, -0.1) is 0 Å². The molecular weight excluding hydrogens is 195 g/mol. The summed E-state index contributed by atoms with van der Waals surface area (Å²) in [4.78, 5) is 6.44. The molecule has 0 fully saturated rings. The Bertz CT molecular complexity index is 452. The number of aromatic nitrogens is 1. The van der Waals surface area contributed by atoms with Crippen molar-refractivity contribution >= 4 is 0 Å². The number of rotatable bonds is 2. The van der Waals surface area contributed by atoms with Gasteiger partial charge in [0.05, 0.1) is 6.20 Å². The second kappa shape index (κ2) is 5.63. The van der Waals surface area contributed by atoms with Crippen molar-refractivity contribution in [1.29, 1.82) is 0 Å². The highest BCUT2D eigenvalue weighted by Gasteiger charge is 1.97. The lowest BCUT2D eigenvalue weighted by Gasteiger charge is -1.95. The molecule has 0 saturated carbocycles. The van der Waals surface area contributed by atoms with Gasteiger partial charge in [-0.05, 0) is 30.0 Å². The number of hydrogen-bond acceptors (Lipinski definition) is 2. The zero-order valence-electron chi connectivity index (χ0n) is 8.24. The first-order valence-corrected chi connectivity index (χ1v) is 4.36. The van der Waals surface area contributed by atoms with E-state index >= 15 is 0 Å². The third-order valence-corrected chi connectivity index (χ3v) is 1.65. The van der Waals surface area contributed by atoms with E-state index < -0.39 is 0 Å². The lowest BCUT2D eigenvalue weighted by Crippen LogP contribution is -1.89. The molecule has 0 spiro atoms. The van der Waals surface area contributed by atoms with E-state index in [9.17, 15) is 4.39 Å². The van der Waals surface area contributed by atoms with Crippen LogP contribution >= 0.6 is 0 Å². The molecule has 0 saturated heterocycles. The van der Waals surface area contributed by atoms with Crippen LogP contribution in [0.1, 0.15) is 17.7 Å². The largest absolute Gasteiger partial charge is 0.244 e. The molecule has 0 N–H and O–H groups in total. The maximum Gasteiger partial charge on any atom is 0.141 e. The van der Waals surface area contributed by atoms with Gasteiger partial charge in [-0.3, -0.25) is 0 Å². The molecule has 0 aliphatic carbocycles. The Morgan fingerprint density at radius 3 is 3.13 bits per heavy atom. The number of aryl methyl sites for hydroxylation is 1. The van der Waals surface area contributed by atoms with Crippen LogP contribution in [0.25, 0.3) is 10.4 Å². The third-order valence-electron chi connectivity index (χ3n) is 1.65. The summed E-state index contributed by atoms with van der Waals surface area (Å²) in [5.74, 6) is 5.22. The molecule has 0 amide bonds. The van der Waals surface area contributed by atoms with Crippen LogP contribution in [0.2, 0.25) is 0 Å². The number of pyridine rings is 1. The fourth-order valence-corrected chi connectivity index (χ4v) is 0.968. The van der Waals surface area contributed by atoms with Gasteiger partial charge in [-0.25, -0.2) is 9.37 Å². The maximum absolute atomic E-state index is 12.7. The SMILES string of the molecule is Cc1cc(F)cnc1C#CCCN=[N+]=[N-]. The summed E-state index contributed by atoms with van der Waals surface area (Å²) in [6.07, 6.45) is 1.60. The first kappa shape index (κ1) is 11.0. The van der Waals surface area contributed by atoms with Crippen LogP contribution in [-0.2, 0) is 0 Å². The van der Waals surface area contributed by atoms with E-state index in [1.807, 2.05) is 0 Å². The van der Waals surface area contributed by atoms with Crippen molar-refractivity contribution in [3.05, 3.63) is 39.8 Å². The number of hydrogen-bond donors (Lipinski definition) is 0. The van der Waals surface area contributed by atoms with Gasteiger partial charge < -0.3 is 0 Å². The Balaban J connectivity index is 2.67. The van der Waals surface area contributed by atoms with Crippen molar-refractivity contribution in [3.63, 3.8) is 0 Å². The lowest BCUT2D eigenvalue weighted by molar-refractivity contribution is 0.619. The van der Waals surface area contributed by atoms with Crippen molar-refractivity contribution in [2.75, 3.05) is 6.54 Å². The summed E-state index contributed by atoms with van der Waals surface area (Å²) >= 11 is 0. The highest BCUT2D eigenvalue weighted by molar-refractivity contribution is 5.34. The van der Waals surface area contributed by atoms with Gasteiger partial charge in [-0.2, -0.15) is 0 Å². The van der Waals surface area contributed by atoms with E-state index in [-0.39, 0.29) is 5.82 Å².